The van der Waals surface area contributed by atoms with E-state index in [0.717, 1.165) is 28.0 Å². The van der Waals surface area contributed by atoms with Crippen molar-refractivity contribution in [2.75, 3.05) is 11.1 Å². The summed E-state index contributed by atoms with van der Waals surface area (Å²) < 4.78 is 0.984. The summed E-state index contributed by atoms with van der Waals surface area (Å²) in [5.74, 6) is 0. The number of benzene rings is 1. The number of nitrogens with one attached hydrogen (secondary N) is 1. The second-order valence-corrected chi connectivity index (χ2v) is 5.20. The number of pyridine rings is 1. The van der Waals surface area contributed by atoms with Gasteiger partial charge in [0.25, 0.3) is 0 Å². The van der Waals surface area contributed by atoms with E-state index in [-0.39, 0.29) is 0 Å². The molecular formula is C14H16BrN3. The topological polar surface area (TPSA) is 50.9 Å². The van der Waals surface area contributed by atoms with Crippen LogP contribution < -0.4 is 11.1 Å². The fourth-order valence-electron chi connectivity index (χ4n) is 1.72. The van der Waals surface area contributed by atoms with Crippen LogP contribution in [-0.4, -0.2) is 4.98 Å². The van der Waals surface area contributed by atoms with Crippen molar-refractivity contribution in [2.24, 2.45) is 0 Å². The highest BCUT2D eigenvalue weighted by molar-refractivity contribution is 9.10. The lowest BCUT2D eigenvalue weighted by Crippen LogP contribution is -2.03. The molecule has 0 bridgehead atoms. The normalized spacial score (nSPS) is 10.4. The molecule has 0 saturated heterocycles. The first-order valence-corrected chi connectivity index (χ1v) is 6.56. The minimum Gasteiger partial charge on any atom is -0.398 e. The Hall–Kier alpha value is -1.55. The van der Waals surface area contributed by atoms with Gasteiger partial charge in [-0.05, 0) is 64.7 Å². The van der Waals surface area contributed by atoms with Gasteiger partial charge in [0, 0.05) is 34.8 Å². The summed E-state index contributed by atoms with van der Waals surface area (Å²) in [6, 6.07) is 6.01. The van der Waals surface area contributed by atoms with E-state index in [9.17, 15) is 0 Å². The predicted octanol–water partition coefficient (Wildman–Crippen LogP) is 3.66. The van der Waals surface area contributed by atoms with Crippen LogP contribution in [0.1, 0.15) is 16.7 Å². The first-order valence-electron chi connectivity index (χ1n) is 5.77. The van der Waals surface area contributed by atoms with Gasteiger partial charge >= 0.3 is 0 Å². The average Bonchev–Trinajstić information content (AvgIpc) is 2.34. The Balaban J connectivity index is 2.16. The molecule has 0 atom stereocenters. The predicted molar refractivity (Wildman–Crippen MR) is 79.6 cm³/mol. The second-order valence-electron chi connectivity index (χ2n) is 4.34. The molecule has 0 aliphatic rings. The van der Waals surface area contributed by atoms with E-state index in [0.29, 0.717) is 0 Å². The van der Waals surface area contributed by atoms with E-state index < -0.39 is 0 Å². The number of aryl methyl sites for hydroxylation is 2. The number of halogens is 1. The van der Waals surface area contributed by atoms with Crippen molar-refractivity contribution in [3.05, 3.63) is 51.8 Å². The molecule has 0 saturated carbocycles. The van der Waals surface area contributed by atoms with Gasteiger partial charge in [0.15, 0.2) is 0 Å². The molecule has 4 heteroatoms. The molecular weight excluding hydrogens is 290 g/mol. The molecule has 0 aliphatic carbocycles. The quantitative estimate of drug-likeness (QED) is 0.851. The van der Waals surface area contributed by atoms with Crippen LogP contribution >= 0.6 is 15.9 Å². The maximum absolute atomic E-state index is 5.85. The zero-order chi connectivity index (χ0) is 13.1. The smallest absolute Gasteiger partial charge is 0.0491 e. The number of hydrogen-bond donors (Lipinski definition) is 2. The molecule has 18 heavy (non-hydrogen) atoms. The Morgan fingerprint density at radius 3 is 2.78 bits per heavy atom. The molecule has 1 aromatic heterocycles. The van der Waals surface area contributed by atoms with Crippen molar-refractivity contribution in [3.63, 3.8) is 0 Å². The van der Waals surface area contributed by atoms with Gasteiger partial charge in [0.1, 0.15) is 0 Å². The maximum atomic E-state index is 5.85. The SMILES string of the molecule is Cc1cc(NCc2ccncc2C)c(Br)cc1N. The molecule has 2 rings (SSSR count). The average molecular weight is 306 g/mol. The zero-order valence-corrected chi connectivity index (χ0v) is 12.1. The molecule has 0 spiro atoms. The van der Waals surface area contributed by atoms with Gasteiger partial charge < -0.3 is 11.1 Å². The summed E-state index contributed by atoms with van der Waals surface area (Å²) in [7, 11) is 0. The van der Waals surface area contributed by atoms with Gasteiger partial charge in [0.05, 0.1) is 0 Å². The zero-order valence-electron chi connectivity index (χ0n) is 10.5. The van der Waals surface area contributed by atoms with Crippen molar-refractivity contribution < 1.29 is 0 Å². The lowest BCUT2D eigenvalue weighted by Gasteiger charge is -2.12. The Bertz CT molecular complexity index is 567. The monoisotopic (exact) mass is 305 g/mol. The highest BCUT2D eigenvalue weighted by Crippen LogP contribution is 2.28. The van der Waals surface area contributed by atoms with Crippen LogP contribution in [0, 0.1) is 13.8 Å². The summed E-state index contributed by atoms with van der Waals surface area (Å²) in [4.78, 5) is 4.09. The standard InChI is InChI=1S/C14H16BrN3/c1-9-5-14(12(15)6-13(9)16)18-8-11-3-4-17-7-10(11)2/h3-7,18H,8,16H2,1-2H3. The number of nitrogens with zero attached hydrogens (tertiary/aromatic N) is 1. The number of nitrogen functional groups attached to an aromatic ring is 1. The van der Waals surface area contributed by atoms with Gasteiger partial charge in [-0.1, -0.05) is 0 Å². The van der Waals surface area contributed by atoms with Crippen LogP contribution in [0.25, 0.3) is 0 Å². The summed E-state index contributed by atoms with van der Waals surface area (Å²) in [6.45, 7) is 4.84. The maximum Gasteiger partial charge on any atom is 0.0491 e. The van der Waals surface area contributed by atoms with Crippen molar-refractivity contribution >= 4 is 27.3 Å². The van der Waals surface area contributed by atoms with Gasteiger partial charge in [-0.3, -0.25) is 4.98 Å². The Labute approximate surface area is 116 Å². The fraction of sp³-hybridized carbons (Fsp3) is 0.214. The van der Waals surface area contributed by atoms with Crippen LogP contribution in [0.5, 0.6) is 0 Å². The van der Waals surface area contributed by atoms with Crippen LogP contribution in [-0.2, 0) is 6.54 Å². The molecule has 1 heterocycles. The Morgan fingerprint density at radius 1 is 1.28 bits per heavy atom. The third-order valence-corrected chi connectivity index (χ3v) is 3.62. The summed E-state index contributed by atoms with van der Waals surface area (Å²) in [6.07, 6.45) is 3.69. The van der Waals surface area contributed by atoms with E-state index in [1.807, 2.05) is 31.5 Å². The summed E-state index contributed by atoms with van der Waals surface area (Å²) >= 11 is 3.52. The second kappa shape index (κ2) is 5.40. The van der Waals surface area contributed by atoms with Crippen molar-refractivity contribution in [2.45, 2.75) is 20.4 Å². The van der Waals surface area contributed by atoms with Crippen LogP contribution in [0.3, 0.4) is 0 Å². The van der Waals surface area contributed by atoms with Gasteiger partial charge in [-0.25, -0.2) is 0 Å². The number of rotatable bonds is 3. The van der Waals surface area contributed by atoms with Gasteiger partial charge in [-0.15, -0.1) is 0 Å². The minimum atomic E-state index is 0.774. The Kier molecular flexibility index (Phi) is 3.87. The molecule has 1 aromatic carbocycles. The van der Waals surface area contributed by atoms with Crippen molar-refractivity contribution in [1.29, 1.82) is 0 Å². The molecule has 0 fully saturated rings. The third kappa shape index (κ3) is 2.82. The van der Waals surface area contributed by atoms with Gasteiger partial charge in [0.2, 0.25) is 0 Å². The Morgan fingerprint density at radius 2 is 2.06 bits per heavy atom. The third-order valence-electron chi connectivity index (χ3n) is 2.96. The molecule has 0 aliphatic heterocycles. The van der Waals surface area contributed by atoms with Crippen molar-refractivity contribution in [3.8, 4) is 0 Å². The van der Waals surface area contributed by atoms with E-state index in [4.69, 9.17) is 5.73 Å². The van der Waals surface area contributed by atoms with Crippen LogP contribution in [0.15, 0.2) is 35.1 Å². The minimum absolute atomic E-state index is 0.774. The number of nitrogens with two attached hydrogens (primary N) is 1. The van der Waals surface area contributed by atoms with Crippen molar-refractivity contribution in [1.82, 2.24) is 4.98 Å². The number of anilines is 2. The molecule has 3 nitrogen and oxygen atoms in total. The highest BCUT2D eigenvalue weighted by atomic mass is 79.9. The van der Waals surface area contributed by atoms with E-state index in [1.165, 1.54) is 11.1 Å². The molecule has 2 aromatic rings. The summed E-state index contributed by atoms with van der Waals surface area (Å²) in [5, 5.41) is 3.41. The molecule has 0 radical (unpaired) electrons. The number of hydrogen-bond acceptors (Lipinski definition) is 3. The molecule has 3 N–H and O–H groups in total. The summed E-state index contributed by atoms with van der Waals surface area (Å²) in [5.41, 5.74) is 11.2. The molecule has 94 valence electrons. The molecule has 0 unspecified atom stereocenters. The molecule has 0 amide bonds. The van der Waals surface area contributed by atoms with E-state index >= 15 is 0 Å². The number of aromatic nitrogens is 1. The van der Waals surface area contributed by atoms with Crippen LogP contribution in [0.2, 0.25) is 0 Å². The first-order chi connectivity index (χ1) is 8.58. The highest BCUT2D eigenvalue weighted by Gasteiger charge is 2.04. The van der Waals surface area contributed by atoms with E-state index in [2.05, 4.69) is 39.2 Å². The van der Waals surface area contributed by atoms with E-state index in [1.54, 1.807) is 0 Å². The lowest BCUT2D eigenvalue weighted by atomic mass is 10.1. The lowest BCUT2D eigenvalue weighted by molar-refractivity contribution is 1.09. The van der Waals surface area contributed by atoms with Crippen LogP contribution in [0.4, 0.5) is 11.4 Å². The first kappa shape index (κ1) is 12.9. The fourth-order valence-corrected chi connectivity index (χ4v) is 2.22. The van der Waals surface area contributed by atoms with Gasteiger partial charge in [-0.2, -0.15) is 0 Å². The largest absolute Gasteiger partial charge is 0.398 e.